The van der Waals surface area contributed by atoms with Gasteiger partial charge in [-0.25, -0.2) is 0 Å². The zero-order chi connectivity index (χ0) is 8.32. The lowest BCUT2D eigenvalue weighted by molar-refractivity contribution is -0.131. The summed E-state index contributed by atoms with van der Waals surface area (Å²) in [5.41, 5.74) is 0.148. The van der Waals surface area contributed by atoms with Crippen molar-refractivity contribution in [2.75, 3.05) is 19.7 Å². The molecule has 0 bridgehead atoms. The van der Waals surface area contributed by atoms with Crippen molar-refractivity contribution < 1.29 is 4.74 Å². The van der Waals surface area contributed by atoms with E-state index in [1.54, 1.807) is 0 Å². The number of nitrogens with one attached hydrogen (secondary N) is 1. The fourth-order valence-corrected chi connectivity index (χ4v) is 1.22. The Hall–Kier alpha value is -0.0800. The van der Waals surface area contributed by atoms with E-state index in [2.05, 4.69) is 26.1 Å². The third-order valence-electron chi connectivity index (χ3n) is 2.13. The Balaban J connectivity index is 2.02. The van der Waals surface area contributed by atoms with E-state index in [9.17, 15) is 0 Å². The molecule has 0 aliphatic carbocycles. The first-order valence-corrected chi connectivity index (χ1v) is 4.47. The van der Waals surface area contributed by atoms with Gasteiger partial charge < -0.3 is 10.1 Å². The van der Waals surface area contributed by atoms with E-state index in [4.69, 9.17) is 4.74 Å². The third-order valence-corrected chi connectivity index (χ3v) is 2.13. The highest BCUT2D eigenvalue weighted by atomic mass is 16.5. The van der Waals surface area contributed by atoms with Crippen LogP contribution in [0.4, 0.5) is 0 Å². The minimum absolute atomic E-state index is 0.148. The Morgan fingerprint density at radius 1 is 1.55 bits per heavy atom. The van der Waals surface area contributed by atoms with Crippen LogP contribution in [-0.4, -0.2) is 25.3 Å². The summed E-state index contributed by atoms with van der Waals surface area (Å²) < 4.78 is 5.44. The Morgan fingerprint density at radius 3 is 2.55 bits per heavy atom. The van der Waals surface area contributed by atoms with Crippen molar-refractivity contribution in [1.82, 2.24) is 5.32 Å². The van der Waals surface area contributed by atoms with Gasteiger partial charge in [-0.15, -0.1) is 0 Å². The third kappa shape index (κ3) is 2.80. The Kier molecular flexibility index (Phi) is 2.90. The minimum atomic E-state index is 0.148. The zero-order valence-electron chi connectivity index (χ0n) is 7.81. The van der Waals surface area contributed by atoms with Gasteiger partial charge in [-0.3, -0.25) is 0 Å². The standard InChI is InChI=1S/C9H19NO/c1-8(2)6-10-7-9(3)4-5-11-9/h8,10H,4-7H2,1-3H3/t9-/m0/s1. The van der Waals surface area contributed by atoms with Gasteiger partial charge in [-0.1, -0.05) is 13.8 Å². The van der Waals surface area contributed by atoms with Crippen molar-refractivity contribution in [3.63, 3.8) is 0 Å². The van der Waals surface area contributed by atoms with E-state index in [1.807, 2.05) is 0 Å². The second-order valence-corrected chi connectivity index (χ2v) is 4.07. The molecule has 1 N–H and O–H groups in total. The monoisotopic (exact) mass is 157 g/mol. The molecular weight excluding hydrogens is 138 g/mol. The highest BCUT2D eigenvalue weighted by molar-refractivity contribution is 4.84. The SMILES string of the molecule is CC(C)CNC[C@]1(C)CCO1. The molecule has 1 aliphatic rings. The maximum Gasteiger partial charge on any atom is 0.0800 e. The molecule has 66 valence electrons. The number of hydrogen-bond acceptors (Lipinski definition) is 2. The Labute approximate surface area is 69.3 Å². The molecule has 0 unspecified atom stereocenters. The van der Waals surface area contributed by atoms with Crippen LogP contribution in [0.15, 0.2) is 0 Å². The fraction of sp³-hybridized carbons (Fsp3) is 1.00. The summed E-state index contributed by atoms with van der Waals surface area (Å²) in [5.74, 6) is 0.735. The second kappa shape index (κ2) is 3.55. The summed E-state index contributed by atoms with van der Waals surface area (Å²) in [6, 6.07) is 0. The van der Waals surface area contributed by atoms with Crippen molar-refractivity contribution in [2.24, 2.45) is 5.92 Å². The maximum atomic E-state index is 5.44. The molecule has 2 heteroatoms. The van der Waals surface area contributed by atoms with Crippen LogP contribution < -0.4 is 5.32 Å². The average Bonchev–Trinajstić information content (AvgIpc) is 1.83. The summed E-state index contributed by atoms with van der Waals surface area (Å²) in [4.78, 5) is 0. The van der Waals surface area contributed by atoms with Gasteiger partial charge in [0.1, 0.15) is 0 Å². The lowest BCUT2D eigenvalue weighted by Gasteiger charge is -2.39. The summed E-state index contributed by atoms with van der Waals surface area (Å²) in [6.45, 7) is 9.65. The van der Waals surface area contributed by atoms with Crippen LogP contribution in [0.1, 0.15) is 27.2 Å². The molecule has 0 aromatic carbocycles. The first kappa shape index (κ1) is 9.01. The van der Waals surface area contributed by atoms with Crippen molar-refractivity contribution in [3.05, 3.63) is 0 Å². The van der Waals surface area contributed by atoms with Crippen molar-refractivity contribution in [3.8, 4) is 0 Å². The summed E-state index contributed by atoms with van der Waals surface area (Å²) >= 11 is 0. The van der Waals surface area contributed by atoms with Gasteiger partial charge in [0.25, 0.3) is 0 Å². The molecule has 1 rings (SSSR count). The number of rotatable bonds is 4. The van der Waals surface area contributed by atoms with Crippen molar-refractivity contribution in [2.45, 2.75) is 32.8 Å². The van der Waals surface area contributed by atoms with Gasteiger partial charge in [0, 0.05) is 13.0 Å². The normalized spacial score (nSPS) is 30.5. The summed E-state index contributed by atoms with van der Waals surface area (Å²) in [7, 11) is 0. The van der Waals surface area contributed by atoms with E-state index in [1.165, 1.54) is 6.42 Å². The zero-order valence-corrected chi connectivity index (χ0v) is 7.81. The highest BCUT2D eigenvalue weighted by Gasteiger charge is 2.32. The van der Waals surface area contributed by atoms with E-state index in [0.29, 0.717) is 0 Å². The Morgan fingerprint density at radius 2 is 2.18 bits per heavy atom. The van der Waals surface area contributed by atoms with Crippen LogP contribution in [0, 0.1) is 5.92 Å². The molecule has 2 nitrogen and oxygen atoms in total. The summed E-state index contributed by atoms with van der Waals surface area (Å²) in [6.07, 6.45) is 1.21. The molecule has 0 radical (unpaired) electrons. The lowest BCUT2D eigenvalue weighted by Crippen LogP contribution is -2.49. The smallest absolute Gasteiger partial charge is 0.0800 e. The molecule has 1 heterocycles. The summed E-state index contributed by atoms with van der Waals surface area (Å²) in [5, 5.41) is 3.40. The molecule has 11 heavy (non-hydrogen) atoms. The fourth-order valence-electron chi connectivity index (χ4n) is 1.22. The highest BCUT2D eigenvalue weighted by Crippen LogP contribution is 2.24. The quantitative estimate of drug-likeness (QED) is 0.666. The van der Waals surface area contributed by atoms with Crippen LogP contribution in [0.25, 0.3) is 0 Å². The molecule has 1 aliphatic heterocycles. The molecule has 0 amide bonds. The number of hydrogen-bond donors (Lipinski definition) is 1. The van der Waals surface area contributed by atoms with Gasteiger partial charge in [0.15, 0.2) is 0 Å². The molecule has 1 atom stereocenters. The first-order valence-electron chi connectivity index (χ1n) is 4.47. The van der Waals surface area contributed by atoms with E-state index >= 15 is 0 Å². The van der Waals surface area contributed by atoms with Gasteiger partial charge in [0.2, 0.25) is 0 Å². The molecule has 1 fully saturated rings. The van der Waals surface area contributed by atoms with Crippen LogP contribution in [0.3, 0.4) is 0 Å². The number of ether oxygens (including phenoxy) is 1. The van der Waals surface area contributed by atoms with Gasteiger partial charge >= 0.3 is 0 Å². The van der Waals surface area contributed by atoms with Gasteiger partial charge in [-0.2, -0.15) is 0 Å². The molecule has 1 saturated heterocycles. The van der Waals surface area contributed by atoms with Crippen LogP contribution in [0.5, 0.6) is 0 Å². The van der Waals surface area contributed by atoms with E-state index < -0.39 is 0 Å². The van der Waals surface area contributed by atoms with Crippen molar-refractivity contribution >= 4 is 0 Å². The molecular formula is C9H19NO. The first-order chi connectivity index (χ1) is 5.12. The van der Waals surface area contributed by atoms with Gasteiger partial charge in [0.05, 0.1) is 12.2 Å². The molecule has 0 aromatic rings. The maximum absolute atomic E-state index is 5.44. The topological polar surface area (TPSA) is 21.3 Å². The predicted molar refractivity (Wildman–Crippen MR) is 46.7 cm³/mol. The molecule has 0 spiro atoms. The van der Waals surface area contributed by atoms with Gasteiger partial charge in [-0.05, 0) is 19.4 Å². The largest absolute Gasteiger partial charge is 0.374 e. The average molecular weight is 157 g/mol. The predicted octanol–water partition coefficient (Wildman–Crippen LogP) is 1.41. The van der Waals surface area contributed by atoms with E-state index in [-0.39, 0.29) is 5.60 Å². The Bertz CT molecular complexity index is 119. The van der Waals surface area contributed by atoms with Crippen LogP contribution in [0.2, 0.25) is 0 Å². The van der Waals surface area contributed by atoms with Crippen LogP contribution in [-0.2, 0) is 4.74 Å². The minimum Gasteiger partial charge on any atom is -0.374 e. The van der Waals surface area contributed by atoms with Crippen LogP contribution >= 0.6 is 0 Å². The van der Waals surface area contributed by atoms with E-state index in [0.717, 1.165) is 25.6 Å². The molecule has 0 saturated carbocycles. The van der Waals surface area contributed by atoms with Crippen molar-refractivity contribution in [1.29, 1.82) is 0 Å². The molecule has 0 aromatic heterocycles. The second-order valence-electron chi connectivity index (χ2n) is 4.07. The lowest BCUT2D eigenvalue weighted by atomic mass is 9.97.